The van der Waals surface area contributed by atoms with Crippen LogP contribution in [0.5, 0.6) is 0 Å². The molecule has 0 saturated carbocycles. The van der Waals surface area contributed by atoms with Crippen molar-refractivity contribution in [1.29, 1.82) is 0 Å². The number of hydrogen-bond donors (Lipinski definition) is 1. The van der Waals surface area contributed by atoms with Gasteiger partial charge >= 0.3 is 0 Å². The summed E-state index contributed by atoms with van der Waals surface area (Å²) < 4.78 is 24.1. The van der Waals surface area contributed by atoms with Crippen LogP contribution in [0, 0.1) is 5.92 Å². The Kier molecular flexibility index (Phi) is 3.27. The molecule has 0 aromatic carbocycles. The van der Waals surface area contributed by atoms with Gasteiger partial charge in [0, 0.05) is 10.3 Å². The summed E-state index contributed by atoms with van der Waals surface area (Å²) in [5, 5.41) is 1.77. The molecule has 2 rings (SSSR count). The third kappa shape index (κ3) is 2.87. The van der Waals surface area contributed by atoms with Crippen LogP contribution in [0.3, 0.4) is 0 Å². The van der Waals surface area contributed by atoms with Crippen molar-refractivity contribution in [2.75, 3.05) is 6.26 Å². The van der Waals surface area contributed by atoms with E-state index in [1.807, 2.05) is 4.72 Å². The molecule has 0 aliphatic heterocycles. The zero-order valence-electron chi connectivity index (χ0n) is 9.82. The van der Waals surface area contributed by atoms with Crippen molar-refractivity contribution in [3.63, 3.8) is 0 Å². The van der Waals surface area contributed by atoms with Crippen molar-refractivity contribution < 1.29 is 13.2 Å². The van der Waals surface area contributed by atoms with Crippen LogP contribution in [-0.4, -0.2) is 20.6 Å². The molecule has 6 heteroatoms. The van der Waals surface area contributed by atoms with E-state index >= 15 is 0 Å². The Morgan fingerprint density at radius 3 is 2.88 bits per heavy atom. The molecule has 1 aliphatic carbocycles. The van der Waals surface area contributed by atoms with Gasteiger partial charge in [-0.2, -0.15) is 0 Å². The fourth-order valence-corrected chi connectivity index (χ4v) is 3.78. The minimum absolute atomic E-state index is 0.500. The number of thiophene rings is 1. The molecule has 0 radical (unpaired) electrons. The van der Waals surface area contributed by atoms with E-state index in [1.165, 1.54) is 4.88 Å². The largest absolute Gasteiger partial charge is 0.268 e. The van der Waals surface area contributed by atoms with Gasteiger partial charge < -0.3 is 0 Å². The fourth-order valence-electron chi connectivity index (χ4n) is 2.09. The molecule has 1 N–H and O–H groups in total. The number of nitrogens with one attached hydrogen (secondary N) is 1. The number of rotatable bonds is 2. The van der Waals surface area contributed by atoms with E-state index in [4.69, 9.17) is 0 Å². The third-order valence-corrected chi connectivity index (χ3v) is 4.53. The Bertz CT molecular complexity index is 545. The summed E-state index contributed by atoms with van der Waals surface area (Å²) in [6.45, 7) is 2.19. The smallest absolute Gasteiger partial charge is 0.265 e. The summed E-state index contributed by atoms with van der Waals surface area (Å²) >= 11 is 1.55. The van der Waals surface area contributed by atoms with E-state index in [0.29, 0.717) is 11.5 Å². The van der Waals surface area contributed by atoms with Gasteiger partial charge in [-0.15, -0.1) is 11.3 Å². The number of fused-ring (bicyclic) bond motifs is 1. The first-order chi connectivity index (χ1) is 7.87. The van der Waals surface area contributed by atoms with Gasteiger partial charge in [0.1, 0.15) is 0 Å². The Balaban J connectivity index is 2.26. The number of hydrogen-bond acceptors (Lipinski definition) is 4. The average Bonchev–Trinajstić information content (AvgIpc) is 2.57. The van der Waals surface area contributed by atoms with E-state index in [9.17, 15) is 13.2 Å². The van der Waals surface area contributed by atoms with Crippen LogP contribution >= 0.6 is 11.3 Å². The minimum Gasteiger partial charge on any atom is -0.268 e. The van der Waals surface area contributed by atoms with Gasteiger partial charge in [-0.1, -0.05) is 6.92 Å². The Hall–Kier alpha value is -0.880. The van der Waals surface area contributed by atoms with Gasteiger partial charge in [0.15, 0.2) is 0 Å². The predicted molar refractivity (Wildman–Crippen MR) is 67.8 cm³/mol. The Morgan fingerprint density at radius 1 is 1.53 bits per heavy atom. The van der Waals surface area contributed by atoms with E-state index < -0.39 is 15.9 Å². The normalized spacial score (nSPS) is 19.8. The van der Waals surface area contributed by atoms with Crippen LogP contribution in [0.2, 0.25) is 0 Å². The summed E-state index contributed by atoms with van der Waals surface area (Å²) in [5.41, 5.74) is 1.57. The summed E-state index contributed by atoms with van der Waals surface area (Å²) in [4.78, 5) is 13.0. The number of carbonyl (C=O) groups excluding carboxylic acids is 1. The van der Waals surface area contributed by atoms with E-state index in [1.54, 1.807) is 16.7 Å². The van der Waals surface area contributed by atoms with Crippen molar-refractivity contribution in [3.05, 3.63) is 21.4 Å². The lowest BCUT2D eigenvalue weighted by Gasteiger charge is -2.18. The van der Waals surface area contributed by atoms with Gasteiger partial charge in [0.25, 0.3) is 5.91 Å². The van der Waals surface area contributed by atoms with Gasteiger partial charge in [-0.25, -0.2) is 13.1 Å². The second kappa shape index (κ2) is 4.42. The van der Waals surface area contributed by atoms with Crippen molar-refractivity contribution in [2.24, 2.45) is 5.92 Å². The standard InChI is InChI=1S/C11H15NO3S2/c1-7-3-4-8-9(6-16-10(8)5-7)11(13)12-17(2,14)15/h6-7H,3-5H2,1-2H3,(H,12,13). The molecular formula is C11H15NO3S2. The van der Waals surface area contributed by atoms with Crippen LogP contribution in [0.4, 0.5) is 0 Å². The first-order valence-corrected chi connectivity index (χ1v) is 8.25. The van der Waals surface area contributed by atoms with Gasteiger partial charge in [-0.05, 0) is 30.7 Å². The van der Waals surface area contributed by atoms with E-state index in [-0.39, 0.29) is 0 Å². The number of sulfonamides is 1. The maximum Gasteiger partial charge on any atom is 0.265 e. The molecule has 17 heavy (non-hydrogen) atoms. The Morgan fingerprint density at radius 2 is 2.24 bits per heavy atom. The zero-order chi connectivity index (χ0) is 12.6. The average molecular weight is 273 g/mol. The highest BCUT2D eigenvalue weighted by atomic mass is 32.2. The molecule has 4 nitrogen and oxygen atoms in total. The topological polar surface area (TPSA) is 63.2 Å². The second-order valence-corrected chi connectivity index (χ2v) is 7.32. The highest BCUT2D eigenvalue weighted by Gasteiger charge is 2.24. The highest BCUT2D eigenvalue weighted by molar-refractivity contribution is 7.89. The van der Waals surface area contributed by atoms with Crippen molar-refractivity contribution in [1.82, 2.24) is 4.72 Å². The van der Waals surface area contributed by atoms with Crippen molar-refractivity contribution in [2.45, 2.75) is 26.2 Å². The SMILES string of the molecule is CC1CCc2c(C(=O)NS(C)(=O)=O)csc2C1. The summed E-state index contributed by atoms with van der Waals surface area (Å²) in [5.74, 6) is 0.145. The van der Waals surface area contributed by atoms with Gasteiger partial charge in [-0.3, -0.25) is 4.79 Å². The molecule has 0 fully saturated rings. The second-order valence-electron chi connectivity index (χ2n) is 4.60. The molecule has 1 amide bonds. The summed E-state index contributed by atoms with van der Waals surface area (Å²) in [7, 11) is -3.48. The lowest BCUT2D eigenvalue weighted by Crippen LogP contribution is -2.30. The van der Waals surface area contributed by atoms with Crippen LogP contribution in [0.1, 0.15) is 34.1 Å². The first-order valence-electron chi connectivity index (χ1n) is 5.48. The molecule has 0 saturated heterocycles. The summed E-state index contributed by atoms with van der Waals surface area (Å²) in [6.07, 6.45) is 3.91. The van der Waals surface area contributed by atoms with E-state index in [2.05, 4.69) is 6.92 Å². The predicted octanol–water partition coefficient (Wildman–Crippen LogP) is 1.56. The number of carbonyl (C=O) groups is 1. The maximum absolute atomic E-state index is 11.8. The molecule has 0 bridgehead atoms. The van der Waals surface area contributed by atoms with Crippen molar-refractivity contribution in [3.8, 4) is 0 Å². The molecule has 1 atom stereocenters. The molecule has 94 valence electrons. The van der Waals surface area contributed by atoms with Crippen molar-refractivity contribution >= 4 is 27.3 Å². The zero-order valence-corrected chi connectivity index (χ0v) is 11.5. The fraction of sp³-hybridized carbons (Fsp3) is 0.545. The highest BCUT2D eigenvalue weighted by Crippen LogP contribution is 2.32. The lowest BCUT2D eigenvalue weighted by atomic mass is 9.88. The lowest BCUT2D eigenvalue weighted by molar-refractivity contribution is 0.0981. The van der Waals surface area contributed by atoms with Gasteiger partial charge in [0.05, 0.1) is 11.8 Å². The first kappa shape index (κ1) is 12.6. The molecule has 1 aromatic heterocycles. The summed E-state index contributed by atoms with van der Waals surface area (Å²) in [6, 6.07) is 0. The van der Waals surface area contributed by atoms with Crippen LogP contribution in [-0.2, 0) is 22.9 Å². The van der Waals surface area contributed by atoms with Crippen LogP contribution in [0.15, 0.2) is 5.38 Å². The van der Waals surface area contributed by atoms with Crippen LogP contribution < -0.4 is 4.72 Å². The third-order valence-electron chi connectivity index (χ3n) is 2.92. The molecule has 1 aromatic rings. The monoisotopic (exact) mass is 273 g/mol. The minimum atomic E-state index is -3.48. The molecule has 0 spiro atoms. The quantitative estimate of drug-likeness (QED) is 0.889. The Labute approximate surface area is 105 Å². The molecular weight excluding hydrogens is 258 g/mol. The molecule has 1 aliphatic rings. The van der Waals surface area contributed by atoms with Gasteiger partial charge in [0.2, 0.25) is 10.0 Å². The maximum atomic E-state index is 11.8. The van der Waals surface area contributed by atoms with Crippen LogP contribution in [0.25, 0.3) is 0 Å². The molecule has 1 unspecified atom stereocenters. The number of amides is 1. The molecule has 1 heterocycles. The van der Waals surface area contributed by atoms with E-state index in [0.717, 1.165) is 31.1 Å².